The second kappa shape index (κ2) is 6.13. The van der Waals surface area contributed by atoms with Gasteiger partial charge in [0.2, 0.25) is 0 Å². The molecule has 1 heterocycles. The molecule has 3 N–H and O–H groups in total. The number of methoxy groups -OCH3 is 1. The maximum Gasteiger partial charge on any atom is 0.123 e. The van der Waals surface area contributed by atoms with E-state index in [0.717, 1.165) is 22.7 Å². The summed E-state index contributed by atoms with van der Waals surface area (Å²) in [5.41, 5.74) is 11.7. The van der Waals surface area contributed by atoms with Gasteiger partial charge in [-0.3, -0.25) is 5.10 Å². The fraction of sp³-hybridized carbons (Fsp3) is 0.500. The van der Waals surface area contributed by atoms with Gasteiger partial charge in [0.25, 0.3) is 0 Å². The molecule has 120 valence electrons. The van der Waals surface area contributed by atoms with E-state index in [4.69, 9.17) is 10.5 Å². The van der Waals surface area contributed by atoms with E-state index in [-0.39, 0.29) is 11.3 Å². The molecule has 4 nitrogen and oxygen atoms in total. The molecule has 2 aromatic rings. The molecule has 0 aliphatic carbocycles. The van der Waals surface area contributed by atoms with E-state index in [1.165, 1.54) is 11.1 Å². The summed E-state index contributed by atoms with van der Waals surface area (Å²) in [5.74, 6) is 0.934. The molecular weight excluding hydrogens is 274 g/mol. The van der Waals surface area contributed by atoms with Crippen molar-refractivity contribution in [1.29, 1.82) is 0 Å². The van der Waals surface area contributed by atoms with E-state index < -0.39 is 0 Å². The zero-order valence-corrected chi connectivity index (χ0v) is 14.4. The summed E-state index contributed by atoms with van der Waals surface area (Å²) in [6.07, 6.45) is 0. The lowest BCUT2D eigenvalue weighted by Crippen LogP contribution is -2.16. The Morgan fingerprint density at radius 1 is 1.18 bits per heavy atom. The Kier molecular flexibility index (Phi) is 4.61. The summed E-state index contributed by atoms with van der Waals surface area (Å²) in [5, 5.41) is 7.62. The number of benzene rings is 1. The minimum Gasteiger partial charge on any atom is -0.496 e. The van der Waals surface area contributed by atoms with E-state index in [2.05, 4.69) is 63.0 Å². The van der Waals surface area contributed by atoms with Crippen LogP contribution in [-0.2, 0) is 5.41 Å². The first-order valence-corrected chi connectivity index (χ1v) is 7.69. The van der Waals surface area contributed by atoms with Crippen molar-refractivity contribution >= 4 is 0 Å². The molecule has 0 aliphatic heterocycles. The highest BCUT2D eigenvalue weighted by Crippen LogP contribution is 2.34. The van der Waals surface area contributed by atoms with Crippen LogP contribution in [0, 0.1) is 13.8 Å². The standard InChI is InChI=1S/C18H27N3O/c1-11-7-13(16(22-6)8-12(11)2)14(10-19)15-9-17(21-20-15)18(3,4)5/h7-9,14H,10,19H2,1-6H3,(H,20,21). The number of rotatable bonds is 4. The minimum absolute atomic E-state index is 0.0151. The number of nitrogens with one attached hydrogen (secondary N) is 1. The number of hydrogen-bond donors (Lipinski definition) is 2. The number of ether oxygens (including phenoxy) is 1. The van der Waals surface area contributed by atoms with Crippen LogP contribution in [0.25, 0.3) is 0 Å². The second-order valence-electron chi connectivity index (χ2n) is 6.93. The first kappa shape index (κ1) is 16.6. The van der Waals surface area contributed by atoms with Crippen molar-refractivity contribution in [2.75, 3.05) is 13.7 Å². The summed E-state index contributed by atoms with van der Waals surface area (Å²) in [6.45, 7) is 11.2. The van der Waals surface area contributed by atoms with Gasteiger partial charge in [-0.25, -0.2) is 0 Å². The number of H-pyrrole nitrogens is 1. The largest absolute Gasteiger partial charge is 0.496 e. The van der Waals surface area contributed by atoms with Crippen molar-refractivity contribution in [2.45, 2.75) is 46.0 Å². The van der Waals surface area contributed by atoms with E-state index in [1.807, 2.05) is 0 Å². The molecule has 22 heavy (non-hydrogen) atoms. The van der Waals surface area contributed by atoms with Gasteiger partial charge in [-0.2, -0.15) is 5.10 Å². The summed E-state index contributed by atoms with van der Waals surface area (Å²) >= 11 is 0. The van der Waals surface area contributed by atoms with Gasteiger partial charge in [0, 0.05) is 29.1 Å². The molecule has 2 rings (SSSR count). The highest BCUT2D eigenvalue weighted by atomic mass is 16.5. The van der Waals surface area contributed by atoms with Gasteiger partial charge in [0.15, 0.2) is 0 Å². The molecule has 0 amide bonds. The lowest BCUT2D eigenvalue weighted by molar-refractivity contribution is 0.407. The van der Waals surface area contributed by atoms with Crippen LogP contribution in [0.1, 0.15) is 54.8 Å². The maximum atomic E-state index is 6.06. The topological polar surface area (TPSA) is 63.9 Å². The molecule has 0 saturated heterocycles. The summed E-state index contributed by atoms with van der Waals surface area (Å²) in [6, 6.07) is 6.36. The van der Waals surface area contributed by atoms with Gasteiger partial charge in [-0.05, 0) is 37.1 Å². The van der Waals surface area contributed by atoms with E-state index in [9.17, 15) is 0 Å². The Labute approximate surface area is 133 Å². The average Bonchev–Trinajstić information content (AvgIpc) is 2.93. The van der Waals surface area contributed by atoms with E-state index in [0.29, 0.717) is 6.54 Å². The Bertz CT molecular complexity index is 653. The smallest absolute Gasteiger partial charge is 0.123 e. The molecule has 0 spiro atoms. The molecule has 1 unspecified atom stereocenters. The van der Waals surface area contributed by atoms with Crippen LogP contribution in [0.5, 0.6) is 5.75 Å². The minimum atomic E-state index is 0.0151. The third-order valence-electron chi connectivity index (χ3n) is 4.20. The molecule has 1 atom stereocenters. The number of nitrogens with zero attached hydrogens (tertiary/aromatic N) is 1. The zero-order valence-electron chi connectivity index (χ0n) is 14.4. The molecule has 1 aromatic heterocycles. The Morgan fingerprint density at radius 2 is 1.82 bits per heavy atom. The van der Waals surface area contributed by atoms with Crippen LogP contribution in [0.3, 0.4) is 0 Å². The Hall–Kier alpha value is -1.81. The van der Waals surface area contributed by atoms with Crippen LogP contribution in [0.15, 0.2) is 18.2 Å². The molecule has 0 bridgehead atoms. The molecular formula is C18H27N3O. The second-order valence-corrected chi connectivity index (χ2v) is 6.93. The van der Waals surface area contributed by atoms with Crippen LogP contribution < -0.4 is 10.5 Å². The Balaban J connectivity index is 2.49. The van der Waals surface area contributed by atoms with Crippen molar-refractivity contribution in [2.24, 2.45) is 5.73 Å². The summed E-state index contributed by atoms with van der Waals surface area (Å²) in [4.78, 5) is 0. The number of nitrogens with two attached hydrogens (primary N) is 1. The SMILES string of the molecule is COc1cc(C)c(C)cc1C(CN)c1cc(C(C)(C)C)n[nH]1. The molecule has 1 aromatic carbocycles. The van der Waals surface area contributed by atoms with Crippen molar-refractivity contribution in [1.82, 2.24) is 10.2 Å². The van der Waals surface area contributed by atoms with Crippen molar-refractivity contribution in [3.8, 4) is 5.75 Å². The molecule has 4 heteroatoms. The number of aromatic nitrogens is 2. The van der Waals surface area contributed by atoms with Gasteiger partial charge in [-0.1, -0.05) is 26.8 Å². The number of aryl methyl sites for hydroxylation is 2. The quantitative estimate of drug-likeness (QED) is 0.909. The van der Waals surface area contributed by atoms with Gasteiger partial charge in [0.05, 0.1) is 12.8 Å². The lowest BCUT2D eigenvalue weighted by Gasteiger charge is -2.19. The maximum absolute atomic E-state index is 6.06. The van der Waals surface area contributed by atoms with Crippen LogP contribution in [-0.4, -0.2) is 23.9 Å². The lowest BCUT2D eigenvalue weighted by atomic mass is 9.89. The number of hydrogen-bond acceptors (Lipinski definition) is 3. The van der Waals surface area contributed by atoms with Gasteiger partial charge in [0.1, 0.15) is 5.75 Å². The van der Waals surface area contributed by atoms with Gasteiger partial charge >= 0.3 is 0 Å². The Morgan fingerprint density at radius 3 is 2.32 bits per heavy atom. The summed E-state index contributed by atoms with van der Waals surface area (Å²) < 4.78 is 5.57. The highest BCUT2D eigenvalue weighted by molar-refractivity contribution is 5.46. The molecule has 0 saturated carbocycles. The normalized spacial score (nSPS) is 13.2. The van der Waals surface area contributed by atoms with Crippen LogP contribution >= 0.6 is 0 Å². The average molecular weight is 301 g/mol. The van der Waals surface area contributed by atoms with Crippen molar-refractivity contribution in [3.63, 3.8) is 0 Å². The first-order valence-electron chi connectivity index (χ1n) is 7.69. The third kappa shape index (κ3) is 3.17. The number of aromatic amines is 1. The summed E-state index contributed by atoms with van der Waals surface area (Å²) in [7, 11) is 1.70. The first-order chi connectivity index (χ1) is 10.3. The molecule has 0 radical (unpaired) electrons. The zero-order chi connectivity index (χ0) is 16.5. The van der Waals surface area contributed by atoms with Gasteiger partial charge < -0.3 is 10.5 Å². The monoisotopic (exact) mass is 301 g/mol. The molecule has 0 aliphatic rings. The fourth-order valence-corrected chi connectivity index (χ4v) is 2.58. The molecule has 0 fully saturated rings. The van der Waals surface area contributed by atoms with Crippen molar-refractivity contribution in [3.05, 3.63) is 46.3 Å². The van der Waals surface area contributed by atoms with E-state index in [1.54, 1.807) is 7.11 Å². The van der Waals surface area contributed by atoms with E-state index >= 15 is 0 Å². The fourth-order valence-electron chi connectivity index (χ4n) is 2.58. The predicted octanol–water partition coefficient (Wildman–Crippen LogP) is 3.42. The van der Waals surface area contributed by atoms with Crippen molar-refractivity contribution < 1.29 is 4.74 Å². The van der Waals surface area contributed by atoms with Crippen LogP contribution in [0.2, 0.25) is 0 Å². The highest BCUT2D eigenvalue weighted by Gasteiger charge is 2.23. The predicted molar refractivity (Wildman–Crippen MR) is 90.7 cm³/mol. The van der Waals surface area contributed by atoms with Crippen LogP contribution in [0.4, 0.5) is 0 Å². The third-order valence-corrected chi connectivity index (χ3v) is 4.20. The van der Waals surface area contributed by atoms with Gasteiger partial charge in [-0.15, -0.1) is 0 Å².